The maximum absolute atomic E-state index is 10.5. The van der Waals surface area contributed by atoms with Crippen LogP contribution in [0, 0.1) is 18.8 Å². The van der Waals surface area contributed by atoms with Gasteiger partial charge in [0.25, 0.3) is 0 Å². The zero-order valence-electron chi connectivity index (χ0n) is 10.6. The molecule has 17 heavy (non-hydrogen) atoms. The van der Waals surface area contributed by atoms with Gasteiger partial charge in [-0.3, -0.25) is 0 Å². The molecule has 5 unspecified atom stereocenters. The number of hydrogen-bond donors (Lipinski definition) is 1. The summed E-state index contributed by atoms with van der Waals surface area (Å²) in [6, 6.07) is 2.03. The minimum absolute atomic E-state index is 0.121. The van der Waals surface area contributed by atoms with Gasteiger partial charge in [0, 0.05) is 20.1 Å². The van der Waals surface area contributed by atoms with Crippen molar-refractivity contribution < 1.29 is 9.84 Å². The molecule has 1 aromatic rings. The maximum Gasteiger partial charge on any atom is 0.0938 e. The van der Waals surface area contributed by atoms with Crippen LogP contribution in [0.15, 0.2) is 10.5 Å². The molecule has 96 valence electrons. The number of aliphatic hydroxyl groups is 1. The van der Waals surface area contributed by atoms with E-state index in [0.29, 0.717) is 5.92 Å². The molecule has 2 heterocycles. The fraction of sp³-hybridized carbons (Fsp3) is 0.692. The Kier molecular flexibility index (Phi) is 3.98. The number of rotatable bonds is 2. The number of halogens is 1. The lowest BCUT2D eigenvalue weighted by Gasteiger charge is -2.23. The summed E-state index contributed by atoms with van der Waals surface area (Å²) in [5.41, 5.74) is 0. The minimum Gasteiger partial charge on any atom is -0.387 e. The molecule has 1 aromatic heterocycles. The predicted octanol–water partition coefficient (Wildman–Crippen LogP) is 3.91. The molecule has 0 aliphatic carbocycles. The van der Waals surface area contributed by atoms with E-state index in [1.807, 2.05) is 6.07 Å². The topological polar surface area (TPSA) is 29.5 Å². The van der Waals surface area contributed by atoms with E-state index in [1.165, 1.54) is 4.88 Å². The predicted molar refractivity (Wildman–Crippen MR) is 74.4 cm³/mol. The van der Waals surface area contributed by atoms with Crippen molar-refractivity contribution in [3.63, 3.8) is 0 Å². The average molecular weight is 319 g/mol. The van der Waals surface area contributed by atoms with Gasteiger partial charge in [-0.1, -0.05) is 6.92 Å². The lowest BCUT2D eigenvalue weighted by molar-refractivity contribution is 0.0242. The van der Waals surface area contributed by atoms with Crippen LogP contribution in [0.4, 0.5) is 0 Å². The van der Waals surface area contributed by atoms with Crippen molar-refractivity contribution in [1.29, 1.82) is 0 Å². The smallest absolute Gasteiger partial charge is 0.0938 e. The van der Waals surface area contributed by atoms with Gasteiger partial charge in [-0.2, -0.15) is 0 Å². The lowest BCUT2D eigenvalue weighted by atomic mass is 9.84. The fourth-order valence-electron chi connectivity index (χ4n) is 2.65. The highest BCUT2D eigenvalue weighted by atomic mass is 79.9. The summed E-state index contributed by atoms with van der Waals surface area (Å²) in [5, 5.41) is 10.5. The van der Waals surface area contributed by atoms with E-state index >= 15 is 0 Å². The normalized spacial score (nSPS) is 35.2. The first-order valence-electron chi connectivity index (χ1n) is 6.01. The van der Waals surface area contributed by atoms with Crippen LogP contribution in [0.1, 0.15) is 36.6 Å². The molecule has 0 bridgehead atoms. The number of aliphatic hydroxyl groups excluding tert-OH is 1. The van der Waals surface area contributed by atoms with Crippen LogP contribution in [-0.4, -0.2) is 17.3 Å². The van der Waals surface area contributed by atoms with E-state index in [0.717, 1.165) is 9.35 Å². The van der Waals surface area contributed by atoms with Crippen LogP contribution in [0.25, 0.3) is 0 Å². The molecule has 0 aromatic carbocycles. The Balaban J connectivity index is 2.22. The summed E-state index contributed by atoms with van der Waals surface area (Å²) in [6.45, 7) is 8.37. The summed E-state index contributed by atoms with van der Waals surface area (Å²) in [7, 11) is 0. The fourth-order valence-corrected chi connectivity index (χ4v) is 4.26. The Bertz CT molecular complexity index is 385. The molecule has 0 saturated carbocycles. The molecule has 2 rings (SSSR count). The molecule has 0 radical (unpaired) electrons. The van der Waals surface area contributed by atoms with Crippen LogP contribution in [0.3, 0.4) is 0 Å². The van der Waals surface area contributed by atoms with Crippen LogP contribution in [0.5, 0.6) is 0 Å². The molecule has 5 atom stereocenters. The molecule has 1 aliphatic rings. The standard InChI is InChI=1S/C13H19BrO2S/c1-6-7(2)16-8(3)12(6)13(15)11-5-10(14)9(4)17-11/h5-8,12-13,15H,1-4H3. The van der Waals surface area contributed by atoms with Gasteiger partial charge < -0.3 is 9.84 Å². The molecule has 2 nitrogen and oxygen atoms in total. The molecule has 1 aliphatic heterocycles. The van der Waals surface area contributed by atoms with Crippen molar-refractivity contribution in [1.82, 2.24) is 0 Å². The second kappa shape index (κ2) is 5.00. The highest BCUT2D eigenvalue weighted by molar-refractivity contribution is 9.10. The van der Waals surface area contributed by atoms with Crippen molar-refractivity contribution in [3.8, 4) is 0 Å². The van der Waals surface area contributed by atoms with Crippen molar-refractivity contribution in [2.24, 2.45) is 11.8 Å². The zero-order chi connectivity index (χ0) is 12.7. The molecule has 0 amide bonds. The summed E-state index contributed by atoms with van der Waals surface area (Å²) >= 11 is 5.17. The van der Waals surface area contributed by atoms with Crippen LogP contribution in [-0.2, 0) is 4.74 Å². The van der Waals surface area contributed by atoms with Gasteiger partial charge in [0.05, 0.1) is 18.3 Å². The molecule has 1 fully saturated rings. The number of thiophene rings is 1. The van der Waals surface area contributed by atoms with E-state index in [1.54, 1.807) is 11.3 Å². The SMILES string of the molecule is Cc1sc(C(O)C2C(C)OC(C)C2C)cc1Br. The second-order valence-electron chi connectivity index (χ2n) is 4.98. The first kappa shape index (κ1) is 13.5. The first-order valence-corrected chi connectivity index (χ1v) is 7.62. The summed E-state index contributed by atoms with van der Waals surface area (Å²) in [5.74, 6) is 0.580. The van der Waals surface area contributed by atoms with Crippen LogP contribution < -0.4 is 0 Å². The van der Waals surface area contributed by atoms with E-state index in [9.17, 15) is 5.11 Å². The third kappa shape index (κ3) is 2.46. The van der Waals surface area contributed by atoms with Crippen LogP contribution >= 0.6 is 27.3 Å². The van der Waals surface area contributed by atoms with E-state index in [-0.39, 0.29) is 18.1 Å². The Morgan fingerprint density at radius 1 is 1.35 bits per heavy atom. The molecular weight excluding hydrogens is 300 g/mol. The summed E-state index contributed by atoms with van der Waals surface area (Å²) in [6.07, 6.45) is -0.0646. The van der Waals surface area contributed by atoms with E-state index < -0.39 is 6.10 Å². The largest absolute Gasteiger partial charge is 0.387 e. The Labute approximate surface area is 115 Å². The summed E-state index contributed by atoms with van der Waals surface area (Å²) < 4.78 is 6.89. The highest BCUT2D eigenvalue weighted by Gasteiger charge is 2.42. The highest BCUT2D eigenvalue weighted by Crippen LogP contribution is 2.43. The monoisotopic (exact) mass is 318 g/mol. The van der Waals surface area contributed by atoms with Gasteiger partial charge in [0.1, 0.15) is 0 Å². The first-order chi connectivity index (χ1) is 7.91. The number of ether oxygens (including phenoxy) is 1. The maximum atomic E-state index is 10.5. The van der Waals surface area contributed by atoms with Gasteiger partial charge in [-0.05, 0) is 48.7 Å². The second-order valence-corrected chi connectivity index (χ2v) is 7.12. The Morgan fingerprint density at radius 2 is 2.00 bits per heavy atom. The van der Waals surface area contributed by atoms with Gasteiger partial charge >= 0.3 is 0 Å². The van der Waals surface area contributed by atoms with E-state index in [2.05, 4.69) is 43.6 Å². The molecule has 1 saturated heterocycles. The molecular formula is C13H19BrO2S. The summed E-state index contributed by atoms with van der Waals surface area (Å²) in [4.78, 5) is 2.25. The van der Waals surface area contributed by atoms with E-state index in [4.69, 9.17) is 4.74 Å². The van der Waals surface area contributed by atoms with Crippen LogP contribution in [0.2, 0.25) is 0 Å². The third-order valence-corrected chi connectivity index (χ3v) is 6.06. The zero-order valence-corrected chi connectivity index (χ0v) is 13.0. The minimum atomic E-state index is -0.417. The molecule has 1 N–H and O–H groups in total. The lowest BCUT2D eigenvalue weighted by Crippen LogP contribution is -2.24. The number of aryl methyl sites for hydroxylation is 1. The quantitative estimate of drug-likeness (QED) is 0.895. The van der Waals surface area contributed by atoms with Crippen molar-refractivity contribution in [2.75, 3.05) is 0 Å². The van der Waals surface area contributed by atoms with Gasteiger partial charge in [-0.15, -0.1) is 11.3 Å². The van der Waals surface area contributed by atoms with Crippen molar-refractivity contribution in [2.45, 2.75) is 46.0 Å². The molecule has 0 spiro atoms. The average Bonchev–Trinajstić information content (AvgIpc) is 2.70. The van der Waals surface area contributed by atoms with Gasteiger partial charge in [-0.25, -0.2) is 0 Å². The van der Waals surface area contributed by atoms with Gasteiger partial charge in [0.15, 0.2) is 0 Å². The Morgan fingerprint density at radius 3 is 2.41 bits per heavy atom. The number of hydrogen-bond acceptors (Lipinski definition) is 3. The van der Waals surface area contributed by atoms with Crippen molar-refractivity contribution >= 4 is 27.3 Å². The third-order valence-electron chi connectivity index (χ3n) is 3.85. The molecule has 4 heteroatoms. The van der Waals surface area contributed by atoms with Crippen molar-refractivity contribution in [3.05, 3.63) is 20.3 Å². The Hall–Kier alpha value is 0.100. The van der Waals surface area contributed by atoms with Gasteiger partial charge in [0.2, 0.25) is 0 Å².